The first-order chi connectivity index (χ1) is 9.10. The topological polar surface area (TPSA) is 77.0 Å². The van der Waals surface area contributed by atoms with E-state index in [0.717, 1.165) is 11.1 Å². The largest absolute Gasteiger partial charge is 0.384 e. The fraction of sp³-hybridized carbons (Fsp3) is 0.154. The molecule has 100 valence electrons. The van der Waals surface area contributed by atoms with Crippen LogP contribution in [0.3, 0.4) is 0 Å². The molecule has 0 aliphatic heterocycles. The van der Waals surface area contributed by atoms with Crippen LogP contribution in [0.2, 0.25) is 10.0 Å². The Hall–Kier alpha value is -1.33. The van der Waals surface area contributed by atoms with E-state index in [1.54, 1.807) is 18.3 Å². The van der Waals surface area contributed by atoms with Gasteiger partial charge in [-0.15, -0.1) is 0 Å². The van der Waals surface area contributed by atoms with E-state index in [1.807, 2.05) is 18.2 Å². The summed E-state index contributed by atoms with van der Waals surface area (Å²) in [4.78, 5) is 3.96. The molecule has 0 saturated carbocycles. The van der Waals surface area contributed by atoms with Crippen molar-refractivity contribution in [3.63, 3.8) is 0 Å². The minimum Gasteiger partial charge on any atom is -0.384 e. The highest BCUT2D eigenvalue weighted by Crippen LogP contribution is 2.27. The fourth-order valence-corrected chi connectivity index (χ4v) is 2.17. The van der Waals surface area contributed by atoms with Gasteiger partial charge in [-0.3, -0.25) is 11.3 Å². The number of hydrazine groups is 1. The Kier molecular flexibility index (Phi) is 4.61. The highest BCUT2D eigenvalue weighted by molar-refractivity contribution is 6.42. The summed E-state index contributed by atoms with van der Waals surface area (Å²) in [6.45, 7) is 0. The highest BCUT2D eigenvalue weighted by atomic mass is 35.5. The van der Waals surface area contributed by atoms with Gasteiger partial charge in [-0.25, -0.2) is 4.98 Å². The number of aromatic nitrogens is 1. The normalized spacial score (nSPS) is 12.4. The van der Waals surface area contributed by atoms with Gasteiger partial charge in [0.05, 0.1) is 16.1 Å². The maximum Gasteiger partial charge on any atom is 0.123 e. The quantitative estimate of drug-likeness (QED) is 0.599. The first kappa shape index (κ1) is 14.1. The zero-order valence-corrected chi connectivity index (χ0v) is 11.6. The molecule has 0 saturated heterocycles. The van der Waals surface area contributed by atoms with Gasteiger partial charge in [-0.2, -0.15) is 0 Å². The van der Waals surface area contributed by atoms with Crippen molar-refractivity contribution < 1.29 is 0 Å². The highest BCUT2D eigenvalue weighted by Gasteiger charge is 2.12. The Morgan fingerprint density at radius 2 is 1.95 bits per heavy atom. The molecule has 1 heterocycles. The van der Waals surface area contributed by atoms with E-state index >= 15 is 0 Å². The van der Waals surface area contributed by atoms with Crippen LogP contribution >= 0.6 is 23.2 Å². The number of nitrogens with zero attached hydrogens (tertiary/aromatic N) is 1. The molecule has 0 radical (unpaired) electrons. The maximum atomic E-state index is 6.01. The summed E-state index contributed by atoms with van der Waals surface area (Å²) < 4.78 is 0. The van der Waals surface area contributed by atoms with Gasteiger partial charge in [0.15, 0.2) is 0 Å². The summed E-state index contributed by atoms with van der Waals surface area (Å²) in [6.07, 6.45) is 2.36. The third-order valence-electron chi connectivity index (χ3n) is 2.83. The smallest absolute Gasteiger partial charge is 0.123 e. The number of nitrogens with two attached hydrogens (primary N) is 2. The van der Waals surface area contributed by atoms with Gasteiger partial charge in [0.1, 0.15) is 5.82 Å². The molecule has 2 aromatic rings. The molecule has 0 aliphatic carbocycles. The Balaban J connectivity index is 2.22. The number of nitrogen functional groups attached to an aromatic ring is 1. The summed E-state index contributed by atoms with van der Waals surface area (Å²) in [7, 11) is 0. The lowest BCUT2D eigenvalue weighted by Gasteiger charge is -2.17. The summed E-state index contributed by atoms with van der Waals surface area (Å²) >= 11 is 11.9. The number of hydrogen-bond acceptors (Lipinski definition) is 4. The van der Waals surface area contributed by atoms with Crippen molar-refractivity contribution in [2.75, 3.05) is 5.73 Å². The van der Waals surface area contributed by atoms with E-state index in [2.05, 4.69) is 10.4 Å². The molecule has 0 bridgehead atoms. The van der Waals surface area contributed by atoms with E-state index < -0.39 is 0 Å². The van der Waals surface area contributed by atoms with Crippen molar-refractivity contribution in [1.29, 1.82) is 0 Å². The molecule has 2 rings (SSSR count). The number of rotatable bonds is 4. The minimum atomic E-state index is -0.0726. The lowest BCUT2D eigenvalue weighted by atomic mass is 10.00. The van der Waals surface area contributed by atoms with E-state index in [1.165, 1.54) is 0 Å². The maximum absolute atomic E-state index is 6.01. The van der Waals surface area contributed by atoms with Crippen molar-refractivity contribution in [3.05, 3.63) is 57.7 Å². The first-order valence-corrected chi connectivity index (χ1v) is 6.47. The molecule has 1 aromatic heterocycles. The van der Waals surface area contributed by atoms with Gasteiger partial charge in [-0.1, -0.05) is 29.3 Å². The molecule has 0 aliphatic rings. The predicted molar refractivity (Wildman–Crippen MR) is 78.9 cm³/mol. The Morgan fingerprint density at radius 1 is 1.16 bits per heavy atom. The summed E-state index contributed by atoms with van der Waals surface area (Å²) in [5, 5.41) is 1.03. The molecular formula is C13H14Cl2N4. The van der Waals surface area contributed by atoms with Gasteiger partial charge >= 0.3 is 0 Å². The molecule has 4 nitrogen and oxygen atoms in total. The van der Waals surface area contributed by atoms with Crippen LogP contribution in [-0.4, -0.2) is 4.98 Å². The molecule has 1 aromatic carbocycles. The number of nitrogens with one attached hydrogen (secondary N) is 1. The average molecular weight is 297 g/mol. The Labute approximate surface area is 121 Å². The molecule has 5 N–H and O–H groups in total. The summed E-state index contributed by atoms with van der Waals surface area (Å²) in [6, 6.07) is 9.10. The van der Waals surface area contributed by atoms with Crippen molar-refractivity contribution >= 4 is 29.0 Å². The number of hydrogen-bond donors (Lipinski definition) is 3. The van der Waals surface area contributed by atoms with Crippen LogP contribution in [0.25, 0.3) is 0 Å². The zero-order chi connectivity index (χ0) is 13.8. The Bertz CT molecular complexity index is 574. The van der Waals surface area contributed by atoms with E-state index in [0.29, 0.717) is 22.3 Å². The molecule has 0 fully saturated rings. The van der Waals surface area contributed by atoms with E-state index in [4.69, 9.17) is 34.8 Å². The SMILES string of the molecule is NNC(Cc1ccnc(N)c1)c1ccc(Cl)c(Cl)c1. The van der Waals surface area contributed by atoms with Crippen LogP contribution in [-0.2, 0) is 6.42 Å². The molecule has 0 spiro atoms. The van der Waals surface area contributed by atoms with Crippen LogP contribution in [0.5, 0.6) is 0 Å². The molecule has 19 heavy (non-hydrogen) atoms. The third-order valence-corrected chi connectivity index (χ3v) is 3.57. The predicted octanol–water partition coefficient (Wildman–Crippen LogP) is 2.72. The molecule has 6 heteroatoms. The third kappa shape index (κ3) is 3.58. The fourth-order valence-electron chi connectivity index (χ4n) is 1.86. The second-order valence-electron chi connectivity index (χ2n) is 4.19. The van der Waals surface area contributed by atoms with Crippen LogP contribution in [0, 0.1) is 0 Å². The Morgan fingerprint density at radius 3 is 2.58 bits per heavy atom. The zero-order valence-electron chi connectivity index (χ0n) is 10.1. The lowest BCUT2D eigenvalue weighted by molar-refractivity contribution is 0.552. The van der Waals surface area contributed by atoms with Gasteiger partial charge in [0.25, 0.3) is 0 Å². The van der Waals surface area contributed by atoms with Gasteiger partial charge in [0, 0.05) is 6.20 Å². The number of pyridine rings is 1. The summed E-state index contributed by atoms with van der Waals surface area (Å²) in [5.41, 5.74) is 10.4. The number of anilines is 1. The average Bonchev–Trinajstić information content (AvgIpc) is 2.39. The molecule has 1 unspecified atom stereocenters. The minimum absolute atomic E-state index is 0.0726. The standard InChI is InChI=1S/C13H14Cl2N4/c14-10-2-1-9(7-11(10)15)12(19-17)5-8-3-4-18-13(16)6-8/h1-4,6-7,12,19H,5,17H2,(H2,16,18). The van der Waals surface area contributed by atoms with Crippen LogP contribution in [0.1, 0.15) is 17.2 Å². The van der Waals surface area contributed by atoms with Crippen molar-refractivity contribution in [3.8, 4) is 0 Å². The first-order valence-electron chi connectivity index (χ1n) is 5.71. The monoisotopic (exact) mass is 296 g/mol. The van der Waals surface area contributed by atoms with Gasteiger partial charge < -0.3 is 5.73 Å². The van der Waals surface area contributed by atoms with Crippen LogP contribution < -0.4 is 17.0 Å². The van der Waals surface area contributed by atoms with Crippen LogP contribution in [0.4, 0.5) is 5.82 Å². The van der Waals surface area contributed by atoms with Crippen molar-refractivity contribution in [1.82, 2.24) is 10.4 Å². The van der Waals surface area contributed by atoms with Gasteiger partial charge in [-0.05, 0) is 41.8 Å². The second-order valence-corrected chi connectivity index (χ2v) is 5.00. The molecular weight excluding hydrogens is 283 g/mol. The lowest BCUT2D eigenvalue weighted by Crippen LogP contribution is -2.29. The number of benzene rings is 1. The number of halogens is 2. The van der Waals surface area contributed by atoms with Gasteiger partial charge in [0.2, 0.25) is 0 Å². The second kappa shape index (κ2) is 6.21. The van der Waals surface area contributed by atoms with Crippen molar-refractivity contribution in [2.45, 2.75) is 12.5 Å². The molecule has 1 atom stereocenters. The van der Waals surface area contributed by atoms with Crippen LogP contribution in [0.15, 0.2) is 36.5 Å². The van der Waals surface area contributed by atoms with E-state index in [9.17, 15) is 0 Å². The van der Waals surface area contributed by atoms with E-state index in [-0.39, 0.29) is 6.04 Å². The summed E-state index contributed by atoms with van der Waals surface area (Å²) in [5.74, 6) is 6.09. The molecule has 0 amide bonds. The van der Waals surface area contributed by atoms with Crippen molar-refractivity contribution in [2.24, 2.45) is 5.84 Å².